The van der Waals surface area contributed by atoms with Crippen molar-refractivity contribution in [3.63, 3.8) is 0 Å². The highest BCUT2D eigenvalue weighted by atomic mass is 16.3. The molecule has 0 unspecified atom stereocenters. The molecule has 52 valence electrons. The quantitative estimate of drug-likeness (QED) is 0.656. The van der Waals surface area contributed by atoms with E-state index in [0.717, 1.165) is 6.42 Å². The summed E-state index contributed by atoms with van der Waals surface area (Å²) in [6.45, 7) is 5.34. The summed E-state index contributed by atoms with van der Waals surface area (Å²) in [6.07, 6.45) is 1.53. The van der Waals surface area contributed by atoms with Gasteiger partial charge in [0.1, 0.15) is 5.75 Å². The number of aryl methyl sites for hydroxylation is 1. The van der Waals surface area contributed by atoms with Crippen molar-refractivity contribution in [1.82, 2.24) is 0 Å². The van der Waals surface area contributed by atoms with Crippen molar-refractivity contribution in [1.29, 1.82) is 0 Å². The lowest BCUT2D eigenvalue weighted by molar-refractivity contribution is 0.475. The Morgan fingerprint density at radius 2 is 1.80 bits per heavy atom. The minimum atomic E-state index is 0.306. The number of hydrogen-bond acceptors (Lipinski definition) is 1. The molecule has 0 heterocycles. The van der Waals surface area contributed by atoms with E-state index in [1.165, 1.54) is 5.56 Å². The van der Waals surface area contributed by atoms with Gasteiger partial charge >= 0.3 is 0 Å². The first-order chi connectivity index (χ1) is 4.83. The molecule has 0 fully saturated rings. The Kier molecular flexibility index (Phi) is 2.32. The monoisotopic (exact) mass is 134 g/mol. The van der Waals surface area contributed by atoms with E-state index in [-0.39, 0.29) is 0 Å². The minimum Gasteiger partial charge on any atom is -0.508 e. The Morgan fingerprint density at radius 3 is 2.30 bits per heavy atom. The smallest absolute Gasteiger partial charge is 0.115 e. The van der Waals surface area contributed by atoms with Gasteiger partial charge in [0.2, 0.25) is 0 Å². The first-order valence-corrected chi connectivity index (χ1v) is 3.31. The van der Waals surface area contributed by atoms with Gasteiger partial charge in [-0.25, -0.2) is 0 Å². The van der Waals surface area contributed by atoms with Gasteiger partial charge in [0, 0.05) is 0 Å². The van der Waals surface area contributed by atoms with Gasteiger partial charge in [-0.3, -0.25) is 0 Å². The van der Waals surface area contributed by atoms with E-state index in [1.54, 1.807) is 12.1 Å². The molecule has 1 rings (SSSR count). The SMILES string of the molecule is [CH]CCc1ccc(O)cc1. The molecule has 1 heteroatoms. The standard InChI is InChI=1S/C9H10O/c1-2-3-8-4-6-9(10)7-5-8/h1,4-7,10H,2-3H2. The van der Waals surface area contributed by atoms with Crippen molar-refractivity contribution in [2.75, 3.05) is 0 Å². The van der Waals surface area contributed by atoms with Crippen molar-refractivity contribution < 1.29 is 5.11 Å². The average molecular weight is 134 g/mol. The molecule has 0 aromatic heterocycles. The third-order valence-electron chi connectivity index (χ3n) is 1.37. The summed E-state index contributed by atoms with van der Waals surface area (Å²) in [5, 5.41) is 8.89. The van der Waals surface area contributed by atoms with Crippen LogP contribution in [0.2, 0.25) is 0 Å². The van der Waals surface area contributed by atoms with Crippen molar-refractivity contribution in [3.05, 3.63) is 36.8 Å². The largest absolute Gasteiger partial charge is 0.508 e. The zero-order valence-corrected chi connectivity index (χ0v) is 5.75. The van der Waals surface area contributed by atoms with Crippen LogP contribution < -0.4 is 0 Å². The van der Waals surface area contributed by atoms with Gasteiger partial charge in [-0.1, -0.05) is 12.1 Å². The molecule has 0 aliphatic carbocycles. The summed E-state index contributed by atoms with van der Waals surface area (Å²) in [5.41, 5.74) is 1.17. The second-order valence-electron chi connectivity index (χ2n) is 2.21. The predicted molar refractivity (Wildman–Crippen MR) is 40.7 cm³/mol. The molecular formula is C9H10O. The summed E-state index contributed by atoms with van der Waals surface area (Å²) in [5.74, 6) is 0.306. The predicted octanol–water partition coefficient (Wildman–Crippen LogP) is 2.04. The van der Waals surface area contributed by atoms with Crippen LogP contribution in [0, 0.1) is 6.92 Å². The molecule has 0 saturated heterocycles. The fourth-order valence-corrected chi connectivity index (χ4v) is 0.829. The van der Waals surface area contributed by atoms with E-state index >= 15 is 0 Å². The van der Waals surface area contributed by atoms with Crippen LogP contribution in [0.15, 0.2) is 24.3 Å². The number of hydrogen-bond donors (Lipinski definition) is 1. The van der Waals surface area contributed by atoms with Crippen LogP contribution in [0.3, 0.4) is 0 Å². The molecule has 1 N–H and O–H groups in total. The van der Waals surface area contributed by atoms with Crippen molar-refractivity contribution in [2.45, 2.75) is 12.8 Å². The summed E-state index contributed by atoms with van der Waals surface area (Å²) >= 11 is 0. The second-order valence-corrected chi connectivity index (χ2v) is 2.21. The van der Waals surface area contributed by atoms with Gasteiger partial charge in [0.25, 0.3) is 0 Å². The maximum atomic E-state index is 8.89. The molecule has 0 aliphatic heterocycles. The molecule has 0 bridgehead atoms. The highest BCUT2D eigenvalue weighted by Gasteiger charge is 1.89. The van der Waals surface area contributed by atoms with Gasteiger partial charge in [-0.05, 0) is 37.5 Å². The van der Waals surface area contributed by atoms with Crippen molar-refractivity contribution in [3.8, 4) is 5.75 Å². The molecule has 0 atom stereocenters. The van der Waals surface area contributed by atoms with E-state index in [4.69, 9.17) is 12.0 Å². The maximum Gasteiger partial charge on any atom is 0.115 e. The highest BCUT2D eigenvalue weighted by Crippen LogP contribution is 2.10. The zero-order valence-electron chi connectivity index (χ0n) is 5.75. The maximum absolute atomic E-state index is 8.89. The Balaban J connectivity index is 2.69. The lowest BCUT2D eigenvalue weighted by Gasteiger charge is -1.96. The number of rotatable bonds is 2. The Labute approximate surface area is 61.3 Å². The molecular weight excluding hydrogens is 124 g/mol. The molecule has 0 amide bonds. The lowest BCUT2D eigenvalue weighted by atomic mass is 10.1. The topological polar surface area (TPSA) is 20.2 Å². The highest BCUT2D eigenvalue weighted by molar-refractivity contribution is 5.25. The molecule has 1 nitrogen and oxygen atoms in total. The molecule has 0 aliphatic rings. The van der Waals surface area contributed by atoms with Crippen LogP contribution in [0.4, 0.5) is 0 Å². The van der Waals surface area contributed by atoms with E-state index in [0.29, 0.717) is 12.2 Å². The normalized spacial score (nSPS) is 9.70. The Bertz CT molecular complexity index is 188. The summed E-state index contributed by atoms with van der Waals surface area (Å²) < 4.78 is 0. The first-order valence-electron chi connectivity index (χ1n) is 3.31. The van der Waals surface area contributed by atoms with Crippen LogP contribution in [0.1, 0.15) is 12.0 Å². The van der Waals surface area contributed by atoms with Crippen LogP contribution >= 0.6 is 0 Å². The molecule has 2 radical (unpaired) electrons. The van der Waals surface area contributed by atoms with Crippen LogP contribution in [0.25, 0.3) is 0 Å². The lowest BCUT2D eigenvalue weighted by Crippen LogP contribution is -1.80. The van der Waals surface area contributed by atoms with Crippen LogP contribution in [-0.2, 0) is 6.42 Å². The van der Waals surface area contributed by atoms with Gasteiger partial charge in [-0.2, -0.15) is 0 Å². The third-order valence-corrected chi connectivity index (χ3v) is 1.37. The third kappa shape index (κ3) is 1.76. The van der Waals surface area contributed by atoms with Gasteiger partial charge in [0.05, 0.1) is 0 Å². The van der Waals surface area contributed by atoms with Crippen LogP contribution in [-0.4, -0.2) is 5.11 Å². The van der Waals surface area contributed by atoms with Gasteiger partial charge in [-0.15, -0.1) is 0 Å². The van der Waals surface area contributed by atoms with Crippen LogP contribution in [0.5, 0.6) is 5.75 Å². The van der Waals surface area contributed by atoms with Gasteiger partial charge in [0.15, 0.2) is 0 Å². The molecule has 1 aromatic carbocycles. The van der Waals surface area contributed by atoms with E-state index in [2.05, 4.69) is 0 Å². The Hall–Kier alpha value is -0.980. The van der Waals surface area contributed by atoms with E-state index in [1.807, 2.05) is 12.1 Å². The molecule has 0 spiro atoms. The molecule has 1 aromatic rings. The first kappa shape index (κ1) is 7.13. The fraction of sp³-hybridized carbons (Fsp3) is 0.222. The Morgan fingerprint density at radius 1 is 1.20 bits per heavy atom. The molecule has 10 heavy (non-hydrogen) atoms. The minimum absolute atomic E-state index is 0.306. The number of phenolic OH excluding ortho intramolecular Hbond substituents is 1. The van der Waals surface area contributed by atoms with Crippen molar-refractivity contribution >= 4 is 0 Å². The van der Waals surface area contributed by atoms with E-state index < -0.39 is 0 Å². The van der Waals surface area contributed by atoms with Crippen molar-refractivity contribution in [2.24, 2.45) is 0 Å². The second kappa shape index (κ2) is 3.25. The molecule has 0 saturated carbocycles. The summed E-state index contributed by atoms with van der Waals surface area (Å²) in [6, 6.07) is 7.10. The zero-order chi connectivity index (χ0) is 7.40. The summed E-state index contributed by atoms with van der Waals surface area (Å²) in [7, 11) is 0. The van der Waals surface area contributed by atoms with Gasteiger partial charge < -0.3 is 5.11 Å². The van der Waals surface area contributed by atoms with E-state index in [9.17, 15) is 0 Å². The summed E-state index contributed by atoms with van der Waals surface area (Å²) in [4.78, 5) is 0. The number of benzene rings is 1. The number of phenols is 1. The average Bonchev–Trinajstić information content (AvgIpc) is 1.95. The number of aromatic hydroxyl groups is 1. The fourth-order valence-electron chi connectivity index (χ4n) is 0.829.